The van der Waals surface area contributed by atoms with Crippen LogP contribution in [0.3, 0.4) is 0 Å². The van der Waals surface area contributed by atoms with Crippen molar-refractivity contribution in [1.82, 2.24) is 15.2 Å². The molecule has 1 aromatic heterocycles. The van der Waals surface area contributed by atoms with Gasteiger partial charge in [-0.15, -0.1) is 11.3 Å². The van der Waals surface area contributed by atoms with Crippen molar-refractivity contribution in [2.75, 3.05) is 32.7 Å². The molecule has 1 unspecified atom stereocenters. The average Bonchev–Trinajstić information content (AvgIpc) is 2.98. The van der Waals surface area contributed by atoms with E-state index >= 15 is 0 Å². The molecular formula is C16H27N3S. The van der Waals surface area contributed by atoms with Crippen molar-refractivity contribution in [2.24, 2.45) is 5.92 Å². The Hall–Kier alpha value is -0.450. The molecule has 4 heteroatoms. The fraction of sp³-hybridized carbons (Fsp3) is 0.812. The van der Waals surface area contributed by atoms with Crippen LogP contribution in [-0.2, 0) is 6.42 Å². The maximum absolute atomic E-state index is 4.82. The van der Waals surface area contributed by atoms with Crippen LogP contribution in [-0.4, -0.2) is 42.6 Å². The number of thiazole rings is 1. The predicted molar refractivity (Wildman–Crippen MR) is 85.5 cm³/mol. The van der Waals surface area contributed by atoms with Crippen LogP contribution in [0.1, 0.15) is 49.2 Å². The molecular weight excluding hydrogens is 266 g/mol. The summed E-state index contributed by atoms with van der Waals surface area (Å²) in [6.07, 6.45) is 6.47. The highest BCUT2D eigenvalue weighted by Gasteiger charge is 2.25. The van der Waals surface area contributed by atoms with Crippen molar-refractivity contribution >= 4 is 11.3 Å². The summed E-state index contributed by atoms with van der Waals surface area (Å²) in [6.45, 7) is 8.48. The average molecular weight is 293 g/mol. The summed E-state index contributed by atoms with van der Waals surface area (Å²) >= 11 is 1.88. The van der Waals surface area contributed by atoms with Gasteiger partial charge in [-0.2, -0.15) is 0 Å². The fourth-order valence-electron chi connectivity index (χ4n) is 3.52. The van der Waals surface area contributed by atoms with E-state index in [1.165, 1.54) is 69.1 Å². The van der Waals surface area contributed by atoms with Gasteiger partial charge in [0.2, 0.25) is 0 Å². The van der Waals surface area contributed by atoms with E-state index in [2.05, 4.69) is 22.5 Å². The van der Waals surface area contributed by atoms with Crippen LogP contribution in [0.15, 0.2) is 5.38 Å². The third-order valence-corrected chi connectivity index (χ3v) is 5.82. The van der Waals surface area contributed by atoms with Gasteiger partial charge >= 0.3 is 0 Å². The number of aryl methyl sites for hydroxylation is 1. The molecule has 3 rings (SSSR count). The molecule has 0 bridgehead atoms. The number of rotatable bonds is 4. The van der Waals surface area contributed by atoms with E-state index in [9.17, 15) is 0 Å². The van der Waals surface area contributed by atoms with E-state index in [4.69, 9.17) is 4.98 Å². The minimum absolute atomic E-state index is 0.691. The zero-order valence-electron chi connectivity index (χ0n) is 12.6. The quantitative estimate of drug-likeness (QED) is 0.925. The van der Waals surface area contributed by atoms with Gasteiger partial charge in [-0.3, -0.25) is 0 Å². The summed E-state index contributed by atoms with van der Waals surface area (Å²) in [7, 11) is 0. The summed E-state index contributed by atoms with van der Waals surface area (Å²) in [6, 6.07) is 0. The molecule has 112 valence electrons. The maximum atomic E-state index is 4.82. The Morgan fingerprint density at radius 3 is 2.95 bits per heavy atom. The topological polar surface area (TPSA) is 28.2 Å². The highest BCUT2D eigenvalue weighted by atomic mass is 32.1. The fourth-order valence-corrected chi connectivity index (χ4v) is 4.56. The molecule has 3 heterocycles. The lowest BCUT2D eigenvalue weighted by Gasteiger charge is -2.35. The molecule has 0 aliphatic carbocycles. The first-order chi connectivity index (χ1) is 9.85. The number of nitrogens with one attached hydrogen (secondary N) is 1. The molecule has 2 aliphatic rings. The monoisotopic (exact) mass is 293 g/mol. The number of aromatic nitrogens is 1. The molecule has 0 spiro atoms. The van der Waals surface area contributed by atoms with Crippen molar-refractivity contribution in [3.8, 4) is 0 Å². The van der Waals surface area contributed by atoms with Crippen molar-refractivity contribution in [3.63, 3.8) is 0 Å². The van der Waals surface area contributed by atoms with Gasteiger partial charge < -0.3 is 10.2 Å². The summed E-state index contributed by atoms with van der Waals surface area (Å²) in [4.78, 5) is 7.52. The molecule has 2 saturated heterocycles. The molecule has 2 aliphatic heterocycles. The van der Waals surface area contributed by atoms with Gasteiger partial charge in [0.05, 0.1) is 10.7 Å². The van der Waals surface area contributed by atoms with E-state index < -0.39 is 0 Å². The van der Waals surface area contributed by atoms with E-state index in [0.29, 0.717) is 5.92 Å². The first-order valence-corrected chi connectivity index (χ1v) is 9.10. The second-order valence-corrected chi connectivity index (χ2v) is 7.21. The van der Waals surface area contributed by atoms with Crippen molar-refractivity contribution in [3.05, 3.63) is 16.1 Å². The predicted octanol–water partition coefficient (Wildman–Crippen LogP) is 2.88. The molecule has 0 amide bonds. The van der Waals surface area contributed by atoms with E-state index in [1.54, 1.807) is 0 Å². The number of hydrogen-bond acceptors (Lipinski definition) is 4. The third-order valence-electron chi connectivity index (χ3n) is 4.76. The van der Waals surface area contributed by atoms with Crippen LogP contribution in [0, 0.1) is 5.92 Å². The SMILES string of the molecule is CCc1csc(C2CCCN(CC3CCNCC3)C2)n1. The van der Waals surface area contributed by atoms with Gasteiger partial charge in [-0.25, -0.2) is 4.98 Å². The molecule has 3 nitrogen and oxygen atoms in total. The standard InChI is InChI=1S/C16H27N3S/c1-2-15-12-20-16(18-15)14-4-3-9-19(11-14)10-13-5-7-17-8-6-13/h12-14,17H,2-11H2,1H3. The Bertz CT molecular complexity index is 412. The van der Waals surface area contributed by atoms with Crippen LogP contribution in [0.2, 0.25) is 0 Å². The highest BCUT2D eigenvalue weighted by molar-refractivity contribution is 7.09. The minimum atomic E-state index is 0.691. The third kappa shape index (κ3) is 3.60. The van der Waals surface area contributed by atoms with Crippen molar-refractivity contribution < 1.29 is 0 Å². The van der Waals surface area contributed by atoms with Crippen LogP contribution in [0.5, 0.6) is 0 Å². The zero-order valence-corrected chi connectivity index (χ0v) is 13.4. The second kappa shape index (κ2) is 7.01. The number of piperidine rings is 2. The lowest BCUT2D eigenvalue weighted by Crippen LogP contribution is -2.40. The Morgan fingerprint density at radius 2 is 2.20 bits per heavy atom. The van der Waals surface area contributed by atoms with Gasteiger partial charge in [0.25, 0.3) is 0 Å². The van der Waals surface area contributed by atoms with Crippen LogP contribution < -0.4 is 5.32 Å². The molecule has 20 heavy (non-hydrogen) atoms. The Labute approximate surface area is 126 Å². The largest absolute Gasteiger partial charge is 0.317 e. The van der Waals surface area contributed by atoms with Crippen LogP contribution in [0.4, 0.5) is 0 Å². The molecule has 1 N–H and O–H groups in total. The summed E-state index contributed by atoms with van der Waals surface area (Å²) in [5.41, 5.74) is 1.28. The second-order valence-electron chi connectivity index (χ2n) is 6.32. The Morgan fingerprint density at radius 1 is 1.35 bits per heavy atom. The van der Waals surface area contributed by atoms with Gasteiger partial charge in [0.1, 0.15) is 0 Å². The summed E-state index contributed by atoms with van der Waals surface area (Å²) in [5.74, 6) is 1.60. The summed E-state index contributed by atoms with van der Waals surface area (Å²) < 4.78 is 0. The van der Waals surface area contributed by atoms with Gasteiger partial charge in [0, 0.05) is 24.4 Å². The van der Waals surface area contributed by atoms with Crippen LogP contribution >= 0.6 is 11.3 Å². The van der Waals surface area contributed by atoms with Crippen molar-refractivity contribution in [1.29, 1.82) is 0 Å². The number of likely N-dealkylation sites (tertiary alicyclic amines) is 1. The zero-order chi connectivity index (χ0) is 13.8. The Kier molecular flexibility index (Phi) is 5.08. The molecule has 0 radical (unpaired) electrons. The van der Waals surface area contributed by atoms with Crippen LogP contribution in [0.25, 0.3) is 0 Å². The number of hydrogen-bond donors (Lipinski definition) is 1. The van der Waals surface area contributed by atoms with Gasteiger partial charge in [0.15, 0.2) is 0 Å². The highest BCUT2D eigenvalue weighted by Crippen LogP contribution is 2.30. The summed E-state index contributed by atoms with van der Waals surface area (Å²) in [5, 5.41) is 7.11. The first kappa shape index (κ1) is 14.5. The molecule has 2 fully saturated rings. The van der Waals surface area contributed by atoms with E-state index in [1.807, 2.05) is 11.3 Å². The molecule has 1 atom stereocenters. The number of nitrogens with zero attached hydrogens (tertiary/aromatic N) is 2. The van der Waals surface area contributed by atoms with E-state index in [0.717, 1.165) is 12.3 Å². The minimum Gasteiger partial charge on any atom is -0.317 e. The first-order valence-electron chi connectivity index (χ1n) is 8.22. The lowest BCUT2D eigenvalue weighted by atomic mass is 9.94. The Balaban J connectivity index is 1.55. The van der Waals surface area contributed by atoms with Gasteiger partial charge in [-0.1, -0.05) is 6.92 Å². The molecule has 1 aromatic rings. The van der Waals surface area contributed by atoms with Crippen molar-refractivity contribution in [2.45, 2.75) is 44.9 Å². The lowest BCUT2D eigenvalue weighted by molar-refractivity contribution is 0.163. The molecule has 0 aromatic carbocycles. The maximum Gasteiger partial charge on any atom is 0.0972 e. The molecule has 0 saturated carbocycles. The van der Waals surface area contributed by atoms with E-state index in [-0.39, 0.29) is 0 Å². The smallest absolute Gasteiger partial charge is 0.0972 e. The normalized spacial score (nSPS) is 25.9. The van der Waals surface area contributed by atoms with Gasteiger partial charge in [-0.05, 0) is 57.7 Å².